The molecule has 0 saturated carbocycles. The third kappa shape index (κ3) is 7.72. The molecule has 0 saturated heterocycles. The number of carbonyl (C=O) groups is 1. The van der Waals surface area contributed by atoms with Gasteiger partial charge >= 0.3 is 0 Å². The van der Waals surface area contributed by atoms with E-state index in [1.165, 1.54) is 18.9 Å². The maximum absolute atomic E-state index is 10.1. The second-order valence-electron chi connectivity index (χ2n) is 3.50. The number of carbonyl (C=O) groups excluding carboxylic acids is 1. The summed E-state index contributed by atoms with van der Waals surface area (Å²) in [5.41, 5.74) is 0.957. The molecule has 0 aromatic carbocycles. The first-order chi connectivity index (χ1) is 6.20. The standard InChI is InChI=1S/C11H20O2/c1-3-4-5-6-11(13)9-10(2)7-8-12/h7-8,11,13H,3-6,9H2,1-2H3/b10-7+. The Bertz CT molecular complexity index is 161. The molecule has 0 spiro atoms. The van der Waals surface area contributed by atoms with Crippen LogP contribution in [0.1, 0.15) is 46.0 Å². The zero-order chi connectivity index (χ0) is 10.1. The third-order valence-electron chi connectivity index (χ3n) is 2.05. The molecular weight excluding hydrogens is 164 g/mol. The summed E-state index contributed by atoms with van der Waals surface area (Å²) in [6, 6.07) is 0. The smallest absolute Gasteiger partial charge is 0.142 e. The first-order valence-electron chi connectivity index (χ1n) is 4.99. The summed E-state index contributed by atoms with van der Waals surface area (Å²) in [5.74, 6) is 0. The van der Waals surface area contributed by atoms with E-state index < -0.39 is 0 Å². The van der Waals surface area contributed by atoms with E-state index in [1.54, 1.807) is 0 Å². The van der Waals surface area contributed by atoms with Crippen molar-refractivity contribution in [2.45, 2.75) is 52.1 Å². The summed E-state index contributed by atoms with van der Waals surface area (Å²) in [5, 5.41) is 9.52. The minimum atomic E-state index is -0.275. The van der Waals surface area contributed by atoms with Gasteiger partial charge in [-0.1, -0.05) is 31.8 Å². The molecule has 13 heavy (non-hydrogen) atoms. The van der Waals surface area contributed by atoms with Crippen molar-refractivity contribution < 1.29 is 9.90 Å². The van der Waals surface area contributed by atoms with E-state index in [0.717, 1.165) is 24.7 Å². The van der Waals surface area contributed by atoms with Crippen LogP contribution in [0.5, 0.6) is 0 Å². The van der Waals surface area contributed by atoms with Crippen LogP contribution in [0.4, 0.5) is 0 Å². The minimum Gasteiger partial charge on any atom is -0.393 e. The number of aldehydes is 1. The number of aliphatic hydroxyl groups is 1. The second-order valence-corrected chi connectivity index (χ2v) is 3.50. The van der Waals surface area contributed by atoms with E-state index in [9.17, 15) is 9.90 Å². The molecule has 0 aliphatic heterocycles. The lowest BCUT2D eigenvalue weighted by Crippen LogP contribution is -2.06. The first-order valence-corrected chi connectivity index (χ1v) is 4.99. The largest absolute Gasteiger partial charge is 0.393 e. The Hall–Kier alpha value is -0.630. The molecule has 1 N–H and O–H groups in total. The topological polar surface area (TPSA) is 37.3 Å². The van der Waals surface area contributed by atoms with Gasteiger partial charge in [0.1, 0.15) is 6.29 Å². The van der Waals surface area contributed by atoms with Crippen molar-refractivity contribution in [2.24, 2.45) is 0 Å². The van der Waals surface area contributed by atoms with Gasteiger partial charge in [0.25, 0.3) is 0 Å². The van der Waals surface area contributed by atoms with Crippen molar-refractivity contribution in [3.8, 4) is 0 Å². The highest BCUT2D eigenvalue weighted by Gasteiger charge is 2.03. The number of hydrogen-bond donors (Lipinski definition) is 1. The molecular formula is C11H20O2. The van der Waals surface area contributed by atoms with E-state index in [1.807, 2.05) is 6.92 Å². The van der Waals surface area contributed by atoms with Gasteiger partial charge in [-0.25, -0.2) is 0 Å². The molecule has 0 bridgehead atoms. The quantitative estimate of drug-likeness (QED) is 0.375. The van der Waals surface area contributed by atoms with Crippen LogP contribution in [-0.2, 0) is 4.79 Å². The van der Waals surface area contributed by atoms with Gasteiger partial charge < -0.3 is 5.11 Å². The van der Waals surface area contributed by atoms with Gasteiger partial charge in [-0.3, -0.25) is 4.79 Å². The summed E-state index contributed by atoms with van der Waals surface area (Å²) in [7, 11) is 0. The summed E-state index contributed by atoms with van der Waals surface area (Å²) in [4.78, 5) is 10.1. The van der Waals surface area contributed by atoms with Crippen molar-refractivity contribution in [1.82, 2.24) is 0 Å². The van der Waals surface area contributed by atoms with Gasteiger partial charge in [0.2, 0.25) is 0 Å². The Morgan fingerprint density at radius 2 is 2.15 bits per heavy atom. The van der Waals surface area contributed by atoms with E-state index >= 15 is 0 Å². The molecule has 0 aliphatic rings. The summed E-state index contributed by atoms with van der Waals surface area (Å²) in [6.07, 6.45) is 6.91. The molecule has 1 atom stereocenters. The zero-order valence-corrected chi connectivity index (χ0v) is 8.62. The van der Waals surface area contributed by atoms with Crippen molar-refractivity contribution in [3.63, 3.8) is 0 Å². The Morgan fingerprint density at radius 1 is 1.46 bits per heavy atom. The lowest BCUT2D eigenvalue weighted by atomic mass is 10.0. The average Bonchev–Trinajstić information content (AvgIpc) is 2.05. The molecule has 0 amide bonds. The number of rotatable bonds is 7. The highest BCUT2D eigenvalue weighted by molar-refractivity contribution is 5.65. The van der Waals surface area contributed by atoms with Crippen molar-refractivity contribution >= 4 is 6.29 Å². The fourth-order valence-electron chi connectivity index (χ4n) is 1.29. The van der Waals surface area contributed by atoms with Gasteiger partial charge in [-0.15, -0.1) is 0 Å². The van der Waals surface area contributed by atoms with Crippen molar-refractivity contribution in [1.29, 1.82) is 0 Å². The molecule has 2 heteroatoms. The molecule has 1 unspecified atom stereocenters. The Kier molecular flexibility index (Phi) is 7.60. The van der Waals surface area contributed by atoms with Crippen LogP contribution in [0, 0.1) is 0 Å². The third-order valence-corrected chi connectivity index (χ3v) is 2.05. The molecule has 76 valence electrons. The average molecular weight is 184 g/mol. The lowest BCUT2D eigenvalue weighted by molar-refractivity contribution is -0.104. The number of unbranched alkanes of at least 4 members (excludes halogenated alkanes) is 2. The van der Waals surface area contributed by atoms with Crippen molar-refractivity contribution in [2.75, 3.05) is 0 Å². The molecule has 0 rings (SSSR count). The maximum atomic E-state index is 10.1. The SMILES string of the molecule is CCCCCC(O)C/C(C)=C/C=O. The van der Waals surface area contributed by atoms with Crippen LogP contribution in [0.15, 0.2) is 11.6 Å². The molecule has 0 heterocycles. The zero-order valence-electron chi connectivity index (χ0n) is 8.62. The maximum Gasteiger partial charge on any atom is 0.142 e. The van der Waals surface area contributed by atoms with Gasteiger partial charge in [0, 0.05) is 0 Å². The van der Waals surface area contributed by atoms with Gasteiger partial charge in [-0.05, 0) is 25.8 Å². The van der Waals surface area contributed by atoms with Crippen LogP contribution in [0.25, 0.3) is 0 Å². The Balaban J connectivity index is 3.55. The van der Waals surface area contributed by atoms with Crippen LogP contribution in [-0.4, -0.2) is 17.5 Å². The Morgan fingerprint density at radius 3 is 2.69 bits per heavy atom. The predicted octanol–water partition coefficient (Wildman–Crippen LogP) is 2.46. The molecule has 0 aliphatic carbocycles. The normalized spacial score (nSPS) is 14.2. The van der Waals surface area contributed by atoms with Crippen LogP contribution in [0.3, 0.4) is 0 Å². The predicted molar refractivity (Wildman–Crippen MR) is 54.6 cm³/mol. The van der Waals surface area contributed by atoms with Crippen LogP contribution in [0.2, 0.25) is 0 Å². The highest BCUT2D eigenvalue weighted by atomic mass is 16.3. The number of hydrogen-bond acceptors (Lipinski definition) is 2. The minimum absolute atomic E-state index is 0.275. The fourth-order valence-corrected chi connectivity index (χ4v) is 1.29. The molecule has 2 nitrogen and oxygen atoms in total. The van der Waals surface area contributed by atoms with Crippen molar-refractivity contribution in [3.05, 3.63) is 11.6 Å². The fraction of sp³-hybridized carbons (Fsp3) is 0.727. The van der Waals surface area contributed by atoms with Gasteiger partial charge in [0.15, 0.2) is 0 Å². The van der Waals surface area contributed by atoms with E-state index in [2.05, 4.69) is 6.92 Å². The molecule has 0 radical (unpaired) electrons. The summed E-state index contributed by atoms with van der Waals surface area (Å²) < 4.78 is 0. The Labute approximate surface area is 80.7 Å². The molecule has 0 fully saturated rings. The van der Waals surface area contributed by atoms with Gasteiger partial charge in [-0.2, -0.15) is 0 Å². The van der Waals surface area contributed by atoms with E-state index in [-0.39, 0.29) is 6.10 Å². The molecule has 0 aromatic rings. The van der Waals surface area contributed by atoms with Gasteiger partial charge in [0.05, 0.1) is 6.10 Å². The molecule has 0 aromatic heterocycles. The highest BCUT2D eigenvalue weighted by Crippen LogP contribution is 2.10. The first kappa shape index (κ1) is 12.4. The van der Waals surface area contributed by atoms with Crippen LogP contribution >= 0.6 is 0 Å². The lowest BCUT2D eigenvalue weighted by Gasteiger charge is -2.09. The van der Waals surface area contributed by atoms with E-state index in [0.29, 0.717) is 6.42 Å². The monoisotopic (exact) mass is 184 g/mol. The van der Waals surface area contributed by atoms with Crippen LogP contribution < -0.4 is 0 Å². The number of aliphatic hydroxyl groups excluding tert-OH is 1. The van der Waals surface area contributed by atoms with E-state index in [4.69, 9.17) is 0 Å². The summed E-state index contributed by atoms with van der Waals surface area (Å²) in [6.45, 7) is 4.02. The number of allylic oxidation sites excluding steroid dienone is 1. The second kappa shape index (κ2) is 7.99. The summed E-state index contributed by atoms with van der Waals surface area (Å²) >= 11 is 0.